The van der Waals surface area contributed by atoms with E-state index in [2.05, 4.69) is 4.98 Å². The van der Waals surface area contributed by atoms with Crippen LogP contribution in [0.3, 0.4) is 0 Å². The van der Waals surface area contributed by atoms with Gasteiger partial charge < -0.3 is 5.11 Å². The van der Waals surface area contributed by atoms with E-state index in [0.717, 1.165) is 6.20 Å². The number of rotatable bonds is 1. The monoisotopic (exact) mass is 215 g/mol. The number of halogens is 2. The lowest BCUT2D eigenvalue weighted by atomic mass is 10.2. The minimum Gasteiger partial charge on any atom is -0.465 e. The average Bonchev–Trinajstić information content (AvgIpc) is 2.11. The zero-order valence-corrected chi connectivity index (χ0v) is 7.34. The zero-order valence-electron chi connectivity index (χ0n) is 6.58. The molecule has 0 fully saturated rings. The van der Waals surface area contributed by atoms with Gasteiger partial charge in [-0.25, -0.2) is 14.2 Å². The molecule has 1 aromatic heterocycles. The molecule has 5 nitrogen and oxygen atoms in total. The molecule has 0 unspecified atom stereocenters. The Bertz CT molecular complexity index is 430. The minimum atomic E-state index is -1.41. The summed E-state index contributed by atoms with van der Waals surface area (Å²) in [6.45, 7) is 0. The van der Waals surface area contributed by atoms with Crippen LogP contribution in [0.5, 0.6) is 0 Å². The van der Waals surface area contributed by atoms with Gasteiger partial charge in [0.1, 0.15) is 11.6 Å². The van der Waals surface area contributed by atoms with Gasteiger partial charge in [-0.2, -0.15) is 5.26 Å². The number of nitrogens with zero attached hydrogens (tertiary/aromatic N) is 2. The molecular formula is C7H3ClFN3O2. The van der Waals surface area contributed by atoms with Crippen LogP contribution in [0.4, 0.5) is 14.9 Å². The van der Waals surface area contributed by atoms with E-state index >= 15 is 0 Å². The number of hydrogen-bond acceptors (Lipinski definition) is 3. The number of carboxylic acid groups (broad SMARTS) is 1. The smallest absolute Gasteiger partial charge is 0.409 e. The summed E-state index contributed by atoms with van der Waals surface area (Å²) in [6, 6.07) is 1.48. The minimum absolute atomic E-state index is 0.234. The first kappa shape index (κ1) is 10.2. The van der Waals surface area contributed by atoms with Crippen molar-refractivity contribution in [3.05, 3.63) is 22.7 Å². The van der Waals surface area contributed by atoms with Crippen LogP contribution in [-0.4, -0.2) is 16.2 Å². The van der Waals surface area contributed by atoms with Gasteiger partial charge in [0, 0.05) is 0 Å². The second-order valence-corrected chi connectivity index (χ2v) is 2.55. The molecule has 0 aromatic carbocycles. The van der Waals surface area contributed by atoms with E-state index < -0.39 is 22.6 Å². The summed E-state index contributed by atoms with van der Waals surface area (Å²) in [6.07, 6.45) is -0.442. The molecule has 0 spiro atoms. The van der Waals surface area contributed by atoms with Crippen molar-refractivity contribution in [2.24, 2.45) is 0 Å². The van der Waals surface area contributed by atoms with E-state index in [9.17, 15) is 9.18 Å². The van der Waals surface area contributed by atoms with Crippen LogP contribution in [-0.2, 0) is 0 Å². The van der Waals surface area contributed by atoms with Crippen molar-refractivity contribution < 1.29 is 14.3 Å². The van der Waals surface area contributed by atoms with E-state index in [-0.39, 0.29) is 5.69 Å². The molecule has 14 heavy (non-hydrogen) atoms. The molecule has 1 amide bonds. The fraction of sp³-hybridized carbons (Fsp3) is 0. The van der Waals surface area contributed by atoms with Crippen LogP contribution in [0.15, 0.2) is 6.20 Å². The number of carbonyl (C=O) groups is 1. The van der Waals surface area contributed by atoms with Crippen LogP contribution in [0.1, 0.15) is 5.56 Å². The van der Waals surface area contributed by atoms with Crippen LogP contribution < -0.4 is 5.32 Å². The highest BCUT2D eigenvalue weighted by Crippen LogP contribution is 2.22. The SMILES string of the molecule is N#Cc1c(NC(=O)O)cnc(Cl)c1F. The Labute approximate surface area is 82.7 Å². The second kappa shape index (κ2) is 3.89. The first-order chi connectivity index (χ1) is 6.56. The van der Waals surface area contributed by atoms with Gasteiger partial charge in [-0.15, -0.1) is 0 Å². The van der Waals surface area contributed by atoms with Crippen LogP contribution in [0, 0.1) is 17.1 Å². The highest BCUT2D eigenvalue weighted by atomic mass is 35.5. The normalized spacial score (nSPS) is 9.21. The average molecular weight is 216 g/mol. The van der Waals surface area contributed by atoms with Gasteiger partial charge in [0.05, 0.1) is 11.9 Å². The summed E-state index contributed by atoms with van der Waals surface area (Å²) in [7, 11) is 0. The molecule has 0 saturated heterocycles. The third kappa shape index (κ3) is 1.89. The Morgan fingerprint density at radius 3 is 2.93 bits per heavy atom. The number of nitrogens with one attached hydrogen (secondary N) is 1. The molecule has 7 heteroatoms. The first-order valence-corrected chi connectivity index (χ1v) is 3.68. The summed E-state index contributed by atoms with van der Waals surface area (Å²) in [5, 5.41) is 18.2. The van der Waals surface area contributed by atoms with Gasteiger partial charge in [0.15, 0.2) is 11.0 Å². The Balaban J connectivity index is 3.26. The number of anilines is 1. The predicted molar refractivity (Wildman–Crippen MR) is 45.6 cm³/mol. The molecule has 0 saturated carbocycles. The van der Waals surface area contributed by atoms with Gasteiger partial charge in [-0.05, 0) is 0 Å². The van der Waals surface area contributed by atoms with Gasteiger partial charge in [0.2, 0.25) is 0 Å². The Kier molecular flexibility index (Phi) is 2.84. The Morgan fingerprint density at radius 1 is 1.79 bits per heavy atom. The molecule has 0 aliphatic carbocycles. The molecule has 0 aliphatic heterocycles. The predicted octanol–water partition coefficient (Wildman–Crippen LogP) is 1.84. The Hall–Kier alpha value is -1.87. The Morgan fingerprint density at radius 2 is 2.43 bits per heavy atom. The molecule has 1 heterocycles. The summed E-state index contributed by atoms with van der Waals surface area (Å²) in [4.78, 5) is 13.6. The van der Waals surface area contributed by atoms with Crippen molar-refractivity contribution in [3.63, 3.8) is 0 Å². The lowest BCUT2D eigenvalue weighted by molar-refractivity contribution is 0.209. The van der Waals surface area contributed by atoms with E-state index in [1.165, 1.54) is 6.07 Å². The molecule has 1 rings (SSSR count). The number of nitriles is 1. The maximum absolute atomic E-state index is 13.1. The maximum atomic E-state index is 13.1. The van der Waals surface area contributed by atoms with Crippen molar-refractivity contribution in [2.45, 2.75) is 0 Å². The van der Waals surface area contributed by atoms with Crippen molar-refractivity contribution in [3.8, 4) is 6.07 Å². The van der Waals surface area contributed by atoms with E-state index in [1.54, 1.807) is 0 Å². The number of pyridine rings is 1. The highest BCUT2D eigenvalue weighted by molar-refractivity contribution is 6.29. The van der Waals surface area contributed by atoms with E-state index in [4.69, 9.17) is 22.0 Å². The third-order valence-corrected chi connectivity index (χ3v) is 1.59. The van der Waals surface area contributed by atoms with Gasteiger partial charge >= 0.3 is 6.09 Å². The van der Waals surface area contributed by atoms with Gasteiger partial charge in [-0.3, -0.25) is 5.32 Å². The summed E-state index contributed by atoms with van der Waals surface area (Å²) >= 11 is 5.29. The largest absolute Gasteiger partial charge is 0.465 e. The zero-order chi connectivity index (χ0) is 10.7. The second-order valence-electron chi connectivity index (χ2n) is 2.19. The van der Waals surface area contributed by atoms with E-state index in [0.29, 0.717) is 0 Å². The molecule has 0 radical (unpaired) electrons. The molecule has 0 atom stereocenters. The van der Waals surface area contributed by atoms with Gasteiger partial charge in [0.25, 0.3) is 0 Å². The highest BCUT2D eigenvalue weighted by Gasteiger charge is 2.14. The summed E-state index contributed by atoms with van der Waals surface area (Å²) in [5.41, 5.74) is -0.714. The van der Waals surface area contributed by atoms with Crippen molar-refractivity contribution in [2.75, 3.05) is 5.32 Å². The molecule has 72 valence electrons. The van der Waals surface area contributed by atoms with E-state index in [1.807, 2.05) is 5.32 Å². The van der Waals surface area contributed by atoms with Crippen LogP contribution >= 0.6 is 11.6 Å². The fourth-order valence-corrected chi connectivity index (χ4v) is 0.926. The summed E-state index contributed by atoms with van der Waals surface area (Å²) < 4.78 is 13.1. The van der Waals surface area contributed by atoms with Gasteiger partial charge in [-0.1, -0.05) is 11.6 Å². The molecule has 0 aliphatic rings. The maximum Gasteiger partial charge on any atom is 0.409 e. The molecule has 2 N–H and O–H groups in total. The van der Waals surface area contributed by atoms with Crippen molar-refractivity contribution in [1.82, 2.24) is 4.98 Å². The number of amides is 1. The lowest BCUT2D eigenvalue weighted by Crippen LogP contribution is -2.10. The fourth-order valence-electron chi connectivity index (χ4n) is 0.783. The lowest BCUT2D eigenvalue weighted by Gasteiger charge is -2.03. The van der Waals surface area contributed by atoms with Crippen molar-refractivity contribution in [1.29, 1.82) is 5.26 Å². The number of aromatic nitrogens is 1. The standard InChI is InChI=1S/C7H3ClFN3O2/c8-6-5(9)3(1-10)4(2-11-6)12-7(13)14/h2,12H,(H,13,14). The third-order valence-electron chi connectivity index (χ3n) is 1.33. The molecule has 0 bridgehead atoms. The molecule has 1 aromatic rings. The summed E-state index contributed by atoms with van der Waals surface area (Å²) in [5.74, 6) is -1.04. The topological polar surface area (TPSA) is 86.0 Å². The van der Waals surface area contributed by atoms with Crippen molar-refractivity contribution >= 4 is 23.4 Å². The van der Waals surface area contributed by atoms with Crippen LogP contribution in [0.25, 0.3) is 0 Å². The molecular weight excluding hydrogens is 213 g/mol. The van der Waals surface area contributed by atoms with Crippen LogP contribution in [0.2, 0.25) is 5.15 Å². The first-order valence-electron chi connectivity index (χ1n) is 3.30. The number of hydrogen-bond donors (Lipinski definition) is 2. The quantitative estimate of drug-likeness (QED) is 0.700.